The normalized spacial score (nSPS) is 13.5. The molecule has 2 aromatic carbocycles. The summed E-state index contributed by atoms with van der Waals surface area (Å²) in [6, 6.07) is 15.8. The van der Waals surface area contributed by atoms with Gasteiger partial charge in [-0.2, -0.15) is 0 Å². The first-order valence-electron chi connectivity index (χ1n) is 10.5. The molecule has 6 nitrogen and oxygen atoms in total. The highest BCUT2D eigenvalue weighted by molar-refractivity contribution is 6.04. The maximum absolute atomic E-state index is 13.9. The number of aromatic nitrogens is 1. The SMILES string of the molecule is CC(C)(O)CCc1ccc(OCc2ncccc2F)cc1N1Cc2ccccc2NC1=O. The maximum atomic E-state index is 13.9. The van der Waals surface area contributed by atoms with Gasteiger partial charge in [0.25, 0.3) is 0 Å². The molecule has 0 saturated carbocycles. The number of rotatable bonds is 7. The first kappa shape index (κ1) is 21.8. The lowest BCUT2D eigenvalue weighted by Crippen LogP contribution is -2.39. The summed E-state index contributed by atoms with van der Waals surface area (Å²) in [7, 11) is 0. The summed E-state index contributed by atoms with van der Waals surface area (Å²) in [6.45, 7) is 3.91. The van der Waals surface area contributed by atoms with E-state index in [2.05, 4.69) is 10.3 Å². The van der Waals surface area contributed by atoms with Crippen molar-refractivity contribution in [2.45, 2.75) is 45.4 Å². The molecule has 3 aromatic rings. The first-order valence-corrected chi connectivity index (χ1v) is 10.5. The summed E-state index contributed by atoms with van der Waals surface area (Å²) in [5.74, 6) is 0.0743. The van der Waals surface area contributed by atoms with Gasteiger partial charge in [-0.1, -0.05) is 24.3 Å². The van der Waals surface area contributed by atoms with Gasteiger partial charge in [-0.15, -0.1) is 0 Å². The van der Waals surface area contributed by atoms with Crippen LogP contribution in [0.4, 0.5) is 20.6 Å². The van der Waals surface area contributed by atoms with Crippen molar-refractivity contribution < 1.29 is 19.0 Å². The zero-order valence-electron chi connectivity index (χ0n) is 18.1. The Hall–Kier alpha value is -3.45. The Morgan fingerprint density at radius 3 is 2.78 bits per heavy atom. The van der Waals surface area contributed by atoms with Crippen molar-refractivity contribution in [3.05, 3.63) is 83.4 Å². The highest BCUT2D eigenvalue weighted by Crippen LogP contribution is 2.33. The largest absolute Gasteiger partial charge is 0.487 e. The number of pyridine rings is 1. The van der Waals surface area contributed by atoms with Gasteiger partial charge in [-0.25, -0.2) is 9.18 Å². The molecular formula is C25H26FN3O3. The number of carbonyl (C=O) groups is 1. The number of benzene rings is 2. The van der Waals surface area contributed by atoms with Crippen molar-refractivity contribution >= 4 is 17.4 Å². The Balaban J connectivity index is 1.63. The van der Waals surface area contributed by atoms with Crippen LogP contribution < -0.4 is 15.0 Å². The van der Waals surface area contributed by atoms with E-state index in [0.717, 1.165) is 16.8 Å². The average molecular weight is 435 g/mol. The van der Waals surface area contributed by atoms with Crippen LogP contribution in [-0.4, -0.2) is 21.7 Å². The third kappa shape index (κ3) is 5.06. The van der Waals surface area contributed by atoms with Crippen LogP contribution in [0.1, 0.15) is 37.1 Å². The first-order chi connectivity index (χ1) is 15.3. The number of hydrogen-bond acceptors (Lipinski definition) is 4. The molecule has 1 aliphatic rings. The van der Waals surface area contributed by atoms with E-state index in [9.17, 15) is 14.3 Å². The summed E-state index contributed by atoms with van der Waals surface area (Å²) < 4.78 is 19.7. The van der Waals surface area contributed by atoms with Gasteiger partial charge < -0.3 is 15.2 Å². The lowest BCUT2D eigenvalue weighted by atomic mass is 9.97. The number of urea groups is 1. The van der Waals surface area contributed by atoms with E-state index in [-0.39, 0.29) is 18.3 Å². The molecule has 0 radical (unpaired) electrons. The van der Waals surface area contributed by atoms with Crippen molar-refractivity contribution in [2.24, 2.45) is 0 Å². The summed E-state index contributed by atoms with van der Waals surface area (Å²) in [5.41, 5.74) is 2.79. The summed E-state index contributed by atoms with van der Waals surface area (Å²) >= 11 is 0. The predicted molar refractivity (Wildman–Crippen MR) is 121 cm³/mol. The van der Waals surface area contributed by atoms with E-state index >= 15 is 0 Å². The zero-order valence-corrected chi connectivity index (χ0v) is 18.1. The number of para-hydroxylation sites is 1. The Kier molecular flexibility index (Phi) is 6.10. The van der Waals surface area contributed by atoms with Gasteiger partial charge in [0.2, 0.25) is 0 Å². The van der Waals surface area contributed by atoms with Gasteiger partial charge in [0.15, 0.2) is 0 Å². The van der Waals surface area contributed by atoms with Gasteiger partial charge >= 0.3 is 6.03 Å². The molecule has 0 bridgehead atoms. The van der Waals surface area contributed by atoms with Crippen LogP contribution in [0, 0.1) is 5.82 Å². The van der Waals surface area contributed by atoms with Crippen molar-refractivity contribution in [1.29, 1.82) is 0 Å². The van der Waals surface area contributed by atoms with Crippen LogP contribution in [-0.2, 0) is 19.6 Å². The van der Waals surface area contributed by atoms with Gasteiger partial charge in [0, 0.05) is 18.0 Å². The highest BCUT2D eigenvalue weighted by Gasteiger charge is 2.26. The minimum Gasteiger partial charge on any atom is -0.487 e. The number of ether oxygens (including phenoxy) is 1. The zero-order chi connectivity index (χ0) is 22.7. The molecule has 0 aliphatic carbocycles. The molecule has 1 aromatic heterocycles. The number of amides is 2. The number of nitrogens with zero attached hydrogens (tertiary/aromatic N) is 2. The molecule has 0 atom stereocenters. The molecular weight excluding hydrogens is 409 g/mol. The quantitative estimate of drug-likeness (QED) is 0.544. The van der Waals surface area contributed by atoms with Gasteiger partial charge in [-0.05, 0) is 62.1 Å². The van der Waals surface area contributed by atoms with E-state index in [1.54, 1.807) is 30.9 Å². The lowest BCUT2D eigenvalue weighted by molar-refractivity contribution is 0.0714. The highest BCUT2D eigenvalue weighted by atomic mass is 19.1. The van der Waals surface area contributed by atoms with E-state index in [1.165, 1.54) is 18.3 Å². The number of halogens is 1. The minimum atomic E-state index is -0.834. The third-order valence-corrected chi connectivity index (χ3v) is 5.40. The number of nitrogens with one attached hydrogen (secondary N) is 1. The molecule has 2 heterocycles. The van der Waals surface area contributed by atoms with Gasteiger partial charge in [0.1, 0.15) is 23.9 Å². The van der Waals surface area contributed by atoms with Crippen LogP contribution in [0.5, 0.6) is 5.75 Å². The monoisotopic (exact) mass is 435 g/mol. The molecule has 4 rings (SSSR count). The second-order valence-electron chi connectivity index (χ2n) is 8.50. The number of carbonyl (C=O) groups excluding carboxylic acids is 1. The van der Waals surface area contributed by atoms with Gasteiger partial charge in [-0.3, -0.25) is 9.88 Å². The number of aryl methyl sites for hydroxylation is 1. The van der Waals surface area contributed by atoms with Crippen molar-refractivity contribution in [3.63, 3.8) is 0 Å². The van der Waals surface area contributed by atoms with Crippen LogP contribution in [0.3, 0.4) is 0 Å². The fourth-order valence-corrected chi connectivity index (χ4v) is 3.61. The summed E-state index contributed by atoms with van der Waals surface area (Å²) in [5, 5.41) is 13.1. The Bertz CT molecular complexity index is 1130. The van der Waals surface area contributed by atoms with E-state index in [0.29, 0.717) is 30.8 Å². The second kappa shape index (κ2) is 8.96. The van der Waals surface area contributed by atoms with Crippen LogP contribution in [0.2, 0.25) is 0 Å². The number of anilines is 2. The Morgan fingerprint density at radius 1 is 1.19 bits per heavy atom. The fourth-order valence-electron chi connectivity index (χ4n) is 3.61. The summed E-state index contributed by atoms with van der Waals surface area (Å²) in [4.78, 5) is 18.6. The van der Waals surface area contributed by atoms with Crippen LogP contribution in [0.15, 0.2) is 60.8 Å². The Morgan fingerprint density at radius 2 is 2.00 bits per heavy atom. The van der Waals surface area contributed by atoms with E-state index < -0.39 is 11.4 Å². The molecule has 0 spiro atoms. The van der Waals surface area contributed by atoms with Crippen LogP contribution in [0.25, 0.3) is 0 Å². The lowest BCUT2D eigenvalue weighted by Gasteiger charge is -2.31. The molecule has 0 unspecified atom stereocenters. The summed E-state index contributed by atoms with van der Waals surface area (Å²) in [6.07, 6.45) is 2.63. The maximum Gasteiger partial charge on any atom is 0.326 e. The topological polar surface area (TPSA) is 74.7 Å². The Labute approximate surface area is 186 Å². The van der Waals surface area contributed by atoms with Crippen molar-refractivity contribution in [2.75, 3.05) is 10.2 Å². The molecule has 0 saturated heterocycles. The predicted octanol–water partition coefficient (Wildman–Crippen LogP) is 5.06. The van der Waals surface area contributed by atoms with Crippen molar-refractivity contribution in [1.82, 2.24) is 4.98 Å². The molecule has 0 fully saturated rings. The standard InChI is InChI=1S/C25H26FN3O3/c1-25(2,31)12-11-17-9-10-19(32-16-22-20(26)7-5-13-27-22)14-23(17)29-15-18-6-3-4-8-21(18)28-24(29)30/h3-10,13-14,31H,11-12,15-16H2,1-2H3,(H,28,30). The smallest absolute Gasteiger partial charge is 0.326 e. The van der Waals surface area contributed by atoms with Gasteiger partial charge in [0.05, 0.1) is 17.8 Å². The van der Waals surface area contributed by atoms with E-state index in [1.807, 2.05) is 30.3 Å². The molecule has 2 amide bonds. The fraction of sp³-hybridized carbons (Fsp3) is 0.280. The molecule has 166 valence electrons. The molecule has 7 heteroatoms. The van der Waals surface area contributed by atoms with E-state index in [4.69, 9.17) is 4.74 Å². The molecule has 2 N–H and O–H groups in total. The second-order valence-corrected chi connectivity index (χ2v) is 8.50. The average Bonchev–Trinajstić information content (AvgIpc) is 2.76. The third-order valence-electron chi connectivity index (χ3n) is 5.40. The van der Waals surface area contributed by atoms with Crippen LogP contribution >= 0.6 is 0 Å². The van der Waals surface area contributed by atoms with Crippen molar-refractivity contribution in [3.8, 4) is 5.75 Å². The minimum absolute atomic E-state index is 0.0236. The molecule has 32 heavy (non-hydrogen) atoms. The molecule has 1 aliphatic heterocycles. The number of hydrogen-bond donors (Lipinski definition) is 2. The number of aliphatic hydroxyl groups is 1. The number of fused-ring (bicyclic) bond motifs is 1.